The quantitative estimate of drug-likeness (QED) is 0.706. The number of aromatic nitrogens is 6. The van der Waals surface area contributed by atoms with Crippen LogP contribution in [-0.4, -0.2) is 60.8 Å². The Labute approximate surface area is 146 Å². The fourth-order valence-electron chi connectivity index (χ4n) is 2.95. The summed E-state index contributed by atoms with van der Waals surface area (Å²) in [6.07, 6.45) is 8.79. The van der Waals surface area contributed by atoms with E-state index in [1.165, 1.54) is 0 Å². The van der Waals surface area contributed by atoms with E-state index >= 15 is 0 Å². The summed E-state index contributed by atoms with van der Waals surface area (Å²) in [7, 11) is 0. The maximum atomic E-state index is 4.44. The molecule has 4 rings (SSSR count). The summed E-state index contributed by atoms with van der Waals surface area (Å²) in [6.45, 7) is 6.59. The van der Waals surface area contributed by atoms with Crippen molar-refractivity contribution < 1.29 is 0 Å². The lowest BCUT2D eigenvalue weighted by Crippen LogP contribution is -2.46. The van der Waals surface area contributed by atoms with E-state index in [-0.39, 0.29) is 0 Å². The minimum Gasteiger partial charge on any atom is -0.354 e. The summed E-state index contributed by atoms with van der Waals surface area (Å²) < 4.78 is 1.78. The topological polar surface area (TPSA) is 75.9 Å². The SMILES string of the molecule is Cc1ccn(-c2cc(N3CCN(Cc4cnccn4)CC3)ncn2)n1. The fraction of sp³-hybridized carbons (Fsp3) is 0.353. The molecule has 3 aromatic heterocycles. The van der Waals surface area contributed by atoms with Crippen molar-refractivity contribution in [3.8, 4) is 5.82 Å². The van der Waals surface area contributed by atoms with Crippen molar-refractivity contribution in [2.45, 2.75) is 13.5 Å². The number of hydrogen-bond donors (Lipinski definition) is 0. The summed E-state index contributed by atoms with van der Waals surface area (Å²) in [4.78, 5) is 21.9. The summed E-state index contributed by atoms with van der Waals surface area (Å²) >= 11 is 0. The van der Waals surface area contributed by atoms with Crippen LogP contribution in [0.1, 0.15) is 11.4 Å². The van der Waals surface area contributed by atoms with Crippen molar-refractivity contribution >= 4 is 5.82 Å². The maximum absolute atomic E-state index is 4.44. The molecule has 8 nitrogen and oxygen atoms in total. The molecule has 0 N–H and O–H groups in total. The summed E-state index contributed by atoms with van der Waals surface area (Å²) in [5.74, 6) is 1.73. The second kappa shape index (κ2) is 6.94. The standard InChI is InChI=1S/C17H20N8/c1-14-2-5-25(22-14)17-10-16(20-13-21-17)24-8-6-23(7-9-24)12-15-11-18-3-4-19-15/h2-5,10-11,13H,6-9,12H2,1H3. The van der Waals surface area contributed by atoms with Gasteiger partial charge < -0.3 is 4.90 Å². The van der Waals surface area contributed by atoms with Crippen LogP contribution in [-0.2, 0) is 6.54 Å². The first-order valence-corrected chi connectivity index (χ1v) is 8.35. The van der Waals surface area contributed by atoms with Gasteiger partial charge in [-0.15, -0.1) is 0 Å². The smallest absolute Gasteiger partial charge is 0.158 e. The van der Waals surface area contributed by atoms with Gasteiger partial charge >= 0.3 is 0 Å². The van der Waals surface area contributed by atoms with Crippen LogP contribution in [0.25, 0.3) is 5.82 Å². The highest BCUT2D eigenvalue weighted by Gasteiger charge is 2.19. The average Bonchev–Trinajstić information content (AvgIpc) is 3.10. The second-order valence-electron chi connectivity index (χ2n) is 6.10. The van der Waals surface area contributed by atoms with Crippen molar-refractivity contribution in [1.82, 2.24) is 34.6 Å². The average molecular weight is 336 g/mol. The second-order valence-corrected chi connectivity index (χ2v) is 6.10. The van der Waals surface area contributed by atoms with Gasteiger partial charge in [0.15, 0.2) is 5.82 Å². The Hall–Kier alpha value is -2.87. The number of hydrogen-bond acceptors (Lipinski definition) is 7. The van der Waals surface area contributed by atoms with Gasteiger partial charge in [-0.25, -0.2) is 14.6 Å². The monoisotopic (exact) mass is 336 g/mol. The molecule has 4 heterocycles. The number of piperazine rings is 1. The molecule has 0 unspecified atom stereocenters. The van der Waals surface area contributed by atoms with Gasteiger partial charge in [0.1, 0.15) is 12.1 Å². The first-order chi connectivity index (χ1) is 12.3. The van der Waals surface area contributed by atoms with Crippen LogP contribution in [0.4, 0.5) is 5.82 Å². The molecule has 1 saturated heterocycles. The van der Waals surface area contributed by atoms with E-state index in [9.17, 15) is 0 Å². The van der Waals surface area contributed by atoms with Gasteiger partial charge in [0.25, 0.3) is 0 Å². The zero-order valence-electron chi connectivity index (χ0n) is 14.2. The Kier molecular flexibility index (Phi) is 4.34. The first kappa shape index (κ1) is 15.6. The molecule has 3 aromatic rings. The minimum absolute atomic E-state index is 0.792. The number of rotatable bonds is 4. The fourth-order valence-corrected chi connectivity index (χ4v) is 2.95. The molecule has 0 aliphatic carbocycles. The van der Waals surface area contributed by atoms with Crippen LogP contribution in [0, 0.1) is 6.92 Å². The number of aryl methyl sites for hydroxylation is 1. The molecule has 0 atom stereocenters. The van der Waals surface area contributed by atoms with Crippen molar-refractivity contribution in [2.24, 2.45) is 0 Å². The lowest BCUT2D eigenvalue weighted by molar-refractivity contribution is 0.246. The largest absolute Gasteiger partial charge is 0.354 e. The third-order valence-electron chi connectivity index (χ3n) is 4.29. The Morgan fingerprint density at radius 1 is 1.00 bits per heavy atom. The molecule has 0 aromatic carbocycles. The lowest BCUT2D eigenvalue weighted by atomic mass is 10.3. The van der Waals surface area contributed by atoms with Crippen LogP contribution < -0.4 is 4.90 Å². The van der Waals surface area contributed by atoms with E-state index in [2.05, 4.69) is 34.8 Å². The van der Waals surface area contributed by atoms with Gasteiger partial charge in [-0.3, -0.25) is 14.9 Å². The molecule has 0 spiro atoms. The Balaban J connectivity index is 1.41. The molecular formula is C17H20N8. The molecule has 0 radical (unpaired) electrons. The van der Waals surface area contributed by atoms with Gasteiger partial charge in [-0.2, -0.15) is 5.10 Å². The highest BCUT2D eigenvalue weighted by atomic mass is 15.3. The third-order valence-corrected chi connectivity index (χ3v) is 4.29. The van der Waals surface area contributed by atoms with Crippen LogP contribution in [0.2, 0.25) is 0 Å². The van der Waals surface area contributed by atoms with Crippen molar-refractivity contribution in [1.29, 1.82) is 0 Å². The number of anilines is 1. The van der Waals surface area contributed by atoms with E-state index in [4.69, 9.17) is 0 Å². The molecule has 0 saturated carbocycles. The normalized spacial score (nSPS) is 15.5. The van der Waals surface area contributed by atoms with Gasteiger partial charge in [0.05, 0.1) is 11.4 Å². The molecular weight excluding hydrogens is 316 g/mol. The van der Waals surface area contributed by atoms with Crippen LogP contribution in [0.3, 0.4) is 0 Å². The molecule has 25 heavy (non-hydrogen) atoms. The van der Waals surface area contributed by atoms with Crippen molar-refractivity contribution in [3.05, 3.63) is 54.6 Å². The summed E-state index contributed by atoms with van der Waals surface area (Å²) in [5, 5.41) is 4.41. The van der Waals surface area contributed by atoms with E-state index < -0.39 is 0 Å². The predicted molar refractivity (Wildman–Crippen MR) is 93.4 cm³/mol. The van der Waals surface area contributed by atoms with Gasteiger partial charge in [0.2, 0.25) is 0 Å². The highest BCUT2D eigenvalue weighted by Crippen LogP contribution is 2.16. The van der Waals surface area contributed by atoms with E-state index in [1.807, 2.05) is 31.5 Å². The summed E-state index contributed by atoms with van der Waals surface area (Å²) in [5.41, 5.74) is 1.98. The molecule has 1 aliphatic rings. The predicted octanol–water partition coefficient (Wildman–Crippen LogP) is 1.08. The van der Waals surface area contributed by atoms with Gasteiger partial charge in [-0.1, -0.05) is 0 Å². The molecule has 8 heteroatoms. The molecule has 0 bridgehead atoms. The Bertz CT molecular complexity index is 823. The van der Waals surface area contributed by atoms with Crippen LogP contribution >= 0.6 is 0 Å². The minimum atomic E-state index is 0.792. The Morgan fingerprint density at radius 2 is 1.84 bits per heavy atom. The van der Waals surface area contributed by atoms with E-state index in [0.29, 0.717) is 0 Å². The molecule has 128 valence electrons. The molecule has 1 aliphatic heterocycles. The maximum Gasteiger partial charge on any atom is 0.158 e. The van der Waals surface area contributed by atoms with Crippen LogP contribution in [0.5, 0.6) is 0 Å². The van der Waals surface area contributed by atoms with Crippen molar-refractivity contribution in [3.63, 3.8) is 0 Å². The van der Waals surface area contributed by atoms with Gasteiger partial charge in [0, 0.05) is 63.6 Å². The Morgan fingerprint density at radius 3 is 2.56 bits per heavy atom. The zero-order chi connectivity index (χ0) is 17.1. The van der Waals surface area contributed by atoms with Gasteiger partial charge in [-0.05, 0) is 13.0 Å². The zero-order valence-corrected chi connectivity index (χ0v) is 14.2. The first-order valence-electron chi connectivity index (χ1n) is 8.35. The third kappa shape index (κ3) is 3.63. The highest BCUT2D eigenvalue weighted by molar-refractivity contribution is 5.43. The van der Waals surface area contributed by atoms with E-state index in [0.717, 1.165) is 55.7 Å². The van der Waals surface area contributed by atoms with E-state index in [1.54, 1.807) is 23.4 Å². The van der Waals surface area contributed by atoms with Crippen LogP contribution in [0.15, 0.2) is 43.2 Å². The molecule has 1 fully saturated rings. The lowest BCUT2D eigenvalue weighted by Gasteiger charge is -2.35. The summed E-state index contributed by atoms with van der Waals surface area (Å²) in [6, 6.07) is 3.96. The number of nitrogens with zero attached hydrogens (tertiary/aromatic N) is 8. The molecule has 0 amide bonds. The van der Waals surface area contributed by atoms with Crippen molar-refractivity contribution in [2.75, 3.05) is 31.1 Å².